The minimum atomic E-state index is -4.66. The third-order valence-corrected chi connectivity index (χ3v) is 6.29. The molecule has 0 radical (unpaired) electrons. The highest BCUT2D eigenvalue weighted by atomic mass is 32.2. The largest absolute Gasteiger partial charge is 0.458 e. The van der Waals surface area contributed by atoms with E-state index in [1.807, 2.05) is 6.07 Å². The maximum absolute atomic E-state index is 14.8. The lowest BCUT2D eigenvalue weighted by molar-refractivity contribution is -0.138. The molecule has 0 unspecified atom stereocenters. The Morgan fingerprint density at radius 3 is 2.54 bits per heavy atom. The quantitative estimate of drug-likeness (QED) is 0.260. The summed E-state index contributed by atoms with van der Waals surface area (Å²) in [7, 11) is 0. The second-order valence-electron chi connectivity index (χ2n) is 7.74. The standard InChI is InChI=1S/C26H21F4N3O3S/c1-3-12-36-25(35)22-15(2)32-24(17(13-31)23(22)16-8-4-6-10-19(16)27)37-14-21(34)33-20-11-7-5-9-18(20)26(28,29)30/h3-11,23,32H,1,12,14H2,2H3,(H,33,34)/t23-/m0/s1. The Labute approximate surface area is 214 Å². The van der Waals surface area contributed by atoms with Gasteiger partial charge < -0.3 is 15.4 Å². The van der Waals surface area contributed by atoms with Gasteiger partial charge in [0, 0.05) is 11.3 Å². The molecule has 11 heteroatoms. The average molecular weight is 532 g/mol. The van der Waals surface area contributed by atoms with E-state index in [-0.39, 0.29) is 39.8 Å². The zero-order valence-corrected chi connectivity index (χ0v) is 20.3. The first kappa shape index (κ1) is 27.5. The number of carbonyl (C=O) groups excluding carboxylic acids is 2. The van der Waals surface area contributed by atoms with Crippen molar-refractivity contribution in [2.24, 2.45) is 0 Å². The van der Waals surface area contributed by atoms with Crippen LogP contribution in [0.2, 0.25) is 0 Å². The second kappa shape index (κ2) is 11.8. The second-order valence-corrected chi connectivity index (χ2v) is 8.73. The fraction of sp³-hybridized carbons (Fsp3) is 0.192. The van der Waals surface area contributed by atoms with Crippen LogP contribution in [-0.2, 0) is 20.5 Å². The summed E-state index contributed by atoms with van der Waals surface area (Å²) in [4.78, 5) is 25.3. The monoisotopic (exact) mass is 531 g/mol. The minimum Gasteiger partial charge on any atom is -0.458 e. The molecule has 0 saturated carbocycles. The number of amides is 1. The lowest BCUT2D eigenvalue weighted by Gasteiger charge is -2.29. The van der Waals surface area contributed by atoms with E-state index in [0.29, 0.717) is 0 Å². The van der Waals surface area contributed by atoms with Gasteiger partial charge >= 0.3 is 12.1 Å². The van der Waals surface area contributed by atoms with Crippen LogP contribution in [0.5, 0.6) is 0 Å². The lowest BCUT2D eigenvalue weighted by atomic mass is 9.82. The van der Waals surface area contributed by atoms with Crippen LogP contribution < -0.4 is 10.6 Å². The average Bonchev–Trinajstić information content (AvgIpc) is 2.85. The van der Waals surface area contributed by atoms with Crippen LogP contribution in [0, 0.1) is 17.1 Å². The van der Waals surface area contributed by atoms with Gasteiger partial charge in [-0.25, -0.2) is 9.18 Å². The van der Waals surface area contributed by atoms with Crippen molar-refractivity contribution < 1.29 is 31.9 Å². The lowest BCUT2D eigenvalue weighted by Crippen LogP contribution is -2.30. The van der Waals surface area contributed by atoms with E-state index in [2.05, 4.69) is 17.2 Å². The number of dihydropyridines is 1. The number of nitrogens with one attached hydrogen (secondary N) is 2. The predicted octanol–water partition coefficient (Wildman–Crippen LogP) is 5.64. The van der Waals surface area contributed by atoms with Gasteiger partial charge in [0.25, 0.3) is 0 Å². The number of hydrogen-bond donors (Lipinski definition) is 2. The number of ether oxygens (including phenoxy) is 1. The number of rotatable bonds is 8. The van der Waals surface area contributed by atoms with E-state index in [4.69, 9.17) is 4.74 Å². The van der Waals surface area contributed by atoms with Crippen molar-refractivity contribution in [3.8, 4) is 6.07 Å². The number of thioether (sulfide) groups is 1. The van der Waals surface area contributed by atoms with Crippen LogP contribution in [0.3, 0.4) is 0 Å². The fourth-order valence-electron chi connectivity index (χ4n) is 3.69. The molecule has 192 valence electrons. The molecule has 0 aromatic heterocycles. The van der Waals surface area contributed by atoms with Crippen LogP contribution in [0.4, 0.5) is 23.2 Å². The van der Waals surface area contributed by atoms with Gasteiger partial charge in [0.05, 0.1) is 45.2 Å². The molecular weight excluding hydrogens is 510 g/mol. The van der Waals surface area contributed by atoms with E-state index in [1.165, 1.54) is 43.3 Å². The first-order valence-corrected chi connectivity index (χ1v) is 11.8. The Kier molecular flexibility index (Phi) is 8.78. The summed E-state index contributed by atoms with van der Waals surface area (Å²) in [5.41, 5.74) is -1.12. The molecule has 37 heavy (non-hydrogen) atoms. The number of hydrogen-bond acceptors (Lipinski definition) is 6. The van der Waals surface area contributed by atoms with Crippen LogP contribution in [0.1, 0.15) is 24.0 Å². The molecule has 1 aliphatic heterocycles. The molecule has 0 fully saturated rings. The molecule has 6 nitrogen and oxygen atoms in total. The maximum atomic E-state index is 14.8. The van der Waals surface area contributed by atoms with E-state index in [0.717, 1.165) is 23.9 Å². The van der Waals surface area contributed by atoms with Crippen molar-refractivity contribution in [3.63, 3.8) is 0 Å². The smallest absolute Gasteiger partial charge is 0.418 e. The molecule has 2 aromatic rings. The topological polar surface area (TPSA) is 91.2 Å². The Morgan fingerprint density at radius 2 is 1.89 bits per heavy atom. The van der Waals surface area contributed by atoms with Crippen LogP contribution >= 0.6 is 11.8 Å². The first-order chi connectivity index (χ1) is 17.6. The number of allylic oxidation sites excluding steroid dienone is 2. The van der Waals surface area contributed by atoms with Crippen LogP contribution in [0.25, 0.3) is 0 Å². The molecule has 0 spiro atoms. The molecule has 1 amide bonds. The van der Waals surface area contributed by atoms with Crippen LogP contribution in [0.15, 0.2) is 83.1 Å². The summed E-state index contributed by atoms with van der Waals surface area (Å²) >= 11 is 0.838. The normalized spacial score (nSPS) is 15.5. The molecule has 2 aromatic carbocycles. The third-order valence-electron chi connectivity index (χ3n) is 5.27. The number of halogens is 4. The highest BCUT2D eigenvalue weighted by Crippen LogP contribution is 2.42. The van der Waals surface area contributed by atoms with Gasteiger partial charge in [0.15, 0.2) is 0 Å². The number of esters is 1. The van der Waals surface area contributed by atoms with Gasteiger partial charge in [0.1, 0.15) is 12.4 Å². The number of benzene rings is 2. The molecule has 2 N–H and O–H groups in total. The molecule has 3 rings (SSSR count). The van der Waals surface area contributed by atoms with E-state index < -0.39 is 41.0 Å². The summed E-state index contributed by atoms with van der Waals surface area (Å²) in [5, 5.41) is 15.3. The SMILES string of the molecule is C=CCOC(=O)C1=C(C)NC(SCC(=O)Nc2ccccc2C(F)(F)F)=C(C#N)[C@@H]1c1ccccc1F. The molecule has 0 aliphatic carbocycles. The zero-order chi connectivity index (χ0) is 27.2. The summed E-state index contributed by atoms with van der Waals surface area (Å²) in [6.07, 6.45) is -3.30. The van der Waals surface area contributed by atoms with E-state index >= 15 is 0 Å². The summed E-state index contributed by atoms with van der Waals surface area (Å²) in [6, 6.07) is 12.2. The van der Waals surface area contributed by atoms with Gasteiger partial charge in [0.2, 0.25) is 5.91 Å². The maximum Gasteiger partial charge on any atom is 0.418 e. The van der Waals surface area contributed by atoms with Crippen LogP contribution in [-0.4, -0.2) is 24.2 Å². The Bertz CT molecular complexity index is 1330. The fourth-order valence-corrected chi connectivity index (χ4v) is 4.58. The number of nitriles is 1. The van der Waals surface area contributed by atoms with Gasteiger partial charge in [-0.05, 0) is 25.1 Å². The number of para-hydroxylation sites is 1. The van der Waals surface area contributed by atoms with Crippen molar-refractivity contribution in [1.82, 2.24) is 5.32 Å². The summed E-state index contributed by atoms with van der Waals surface area (Å²) in [5.74, 6) is -3.70. The molecule has 1 heterocycles. The highest BCUT2D eigenvalue weighted by molar-refractivity contribution is 8.03. The number of nitrogens with zero attached hydrogens (tertiary/aromatic N) is 1. The van der Waals surface area contributed by atoms with Crippen molar-refractivity contribution in [2.75, 3.05) is 17.7 Å². The van der Waals surface area contributed by atoms with Gasteiger partial charge in [-0.3, -0.25) is 4.79 Å². The number of anilines is 1. The van der Waals surface area contributed by atoms with Crippen molar-refractivity contribution in [3.05, 3.63) is 100 Å². The van der Waals surface area contributed by atoms with E-state index in [1.54, 1.807) is 6.07 Å². The molecule has 0 saturated heterocycles. The van der Waals surface area contributed by atoms with Crippen molar-refractivity contribution >= 4 is 29.3 Å². The highest BCUT2D eigenvalue weighted by Gasteiger charge is 2.37. The number of alkyl halides is 3. The Hall–Kier alpha value is -4.04. The molecular formula is C26H21F4N3O3S. The minimum absolute atomic E-state index is 0.0106. The number of carbonyl (C=O) groups is 2. The molecule has 1 atom stereocenters. The molecule has 0 bridgehead atoms. The van der Waals surface area contributed by atoms with Crippen molar-refractivity contribution in [2.45, 2.75) is 19.0 Å². The van der Waals surface area contributed by atoms with Gasteiger partial charge in [-0.2, -0.15) is 18.4 Å². The van der Waals surface area contributed by atoms with E-state index in [9.17, 15) is 32.4 Å². The third kappa shape index (κ3) is 6.40. The first-order valence-electron chi connectivity index (χ1n) is 10.8. The predicted molar refractivity (Wildman–Crippen MR) is 131 cm³/mol. The summed E-state index contributed by atoms with van der Waals surface area (Å²) < 4.78 is 59.7. The Morgan fingerprint density at radius 1 is 1.22 bits per heavy atom. The van der Waals surface area contributed by atoms with Crippen molar-refractivity contribution in [1.29, 1.82) is 5.26 Å². The Balaban J connectivity index is 1.92. The van der Waals surface area contributed by atoms with Gasteiger partial charge in [-0.15, -0.1) is 0 Å². The summed E-state index contributed by atoms with van der Waals surface area (Å²) in [6.45, 7) is 4.92. The molecule has 1 aliphatic rings. The zero-order valence-electron chi connectivity index (χ0n) is 19.5. The van der Waals surface area contributed by atoms with Gasteiger partial charge in [-0.1, -0.05) is 54.7 Å².